The standard InChI is InChI=1S/C23H27N3O2/c1-25(2)16-20(27)13-17-9-10-22-21(14-17)23(28-24-22)18-7-6-8-19(15-18)26-11-4-3-5-12-26/h6-10,14-15H,3-5,11-13,16H2,1-2H3. The Kier molecular flexibility index (Phi) is 5.44. The molecular weight excluding hydrogens is 350 g/mol. The van der Waals surface area contributed by atoms with E-state index in [1.54, 1.807) is 0 Å². The number of rotatable bonds is 6. The van der Waals surface area contributed by atoms with Crippen molar-refractivity contribution in [2.75, 3.05) is 38.6 Å². The van der Waals surface area contributed by atoms with Gasteiger partial charge in [0, 0.05) is 36.1 Å². The summed E-state index contributed by atoms with van der Waals surface area (Å²) in [6.45, 7) is 2.67. The van der Waals surface area contributed by atoms with Gasteiger partial charge in [-0.05, 0) is 63.2 Å². The molecule has 0 radical (unpaired) electrons. The lowest BCUT2D eigenvalue weighted by molar-refractivity contribution is -0.119. The Morgan fingerprint density at radius 1 is 1.11 bits per heavy atom. The molecule has 0 N–H and O–H groups in total. The average Bonchev–Trinajstić information content (AvgIpc) is 3.11. The maximum Gasteiger partial charge on any atom is 0.174 e. The molecule has 1 aliphatic rings. The lowest BCUT2D eigenvalue weighted by Gasteiger charge is -2.29. The highest BCUT2D eigenvalue weighted by atomic mass is 16.5. The molecule has 0 unspecified atom stereocenters. The zero-order chi connectivity index (χ0) is 19.5. The number of aromatic nitrogens is 1. The second kappa shape index (κ2) is 8.15. The second-order valence-corrected chi connectivity index (χ2v) is 7.91. The molecule has 4 rings (SSSR count). The van der Waals surface area contributed by atoms with E-state index in [0.29, 0.717) is 13.0 Å². The average molecular weight is 377 g/mol. The lowest BCUT2D eigenvalue weighted by atomic mass is 10.0. The number of Topliss-reactive ketones (excluding diaryl/α,β-unsaturated/α-hetero) is 1. The smallest absolute Gasteiger partial charge is 0.174 e. The fourth-order valence-electron chi connectivity index (χ4n) is 3.94. The van der Waals surface area contributed by atoms with Crippen LogP contribution in [0.15, 0.2) is 47.0 Å². The molecular formula is C23H27N3O2. The van der Waals surface area contributed by atoms with Gasteiger partial charge in [0.1, 0.15) is 5.52 Å². The van der Waals surface area contributed by atoms with Gasteiger partial charge in [-0.2, -0.15) is 0 Å². The summed E-state index contributed by atoms with van der Waals surface area (Å²) < 4.78 is 5.71. The number of hydrogen-bond donors (Lipinski definition) is 0. The lowest BCUT2D eigenvalue weighted by Crippen LogP contribution is -2.29. The number of carbonyl (C=O) groups is 1. The van der Waals surface area contributed by atoms with Crippen molar-refractivity contribution in [2.45, 2.75) is 25.7 Å². The number of likely N-dealkylation sites (N-methyl/N-ethyl adjacent to an activating group) is 1. The molecule has 0 bridgehead atoms. The van der Waals surface area contributed by atoms with Crippen LogP contribution in [-0.2, 0) is 11.2 Å². The molecule has 0 atom stereocenters. The van der Waals surface area contributed by atoms with Crippen LogP contribution >= 0.6 is 0 Å². The Bertz CT molecular complexity index is 971. The predicted octanol–water partition coefficient (Wildman–Crippen LogP) is 4.16. The number of carbonyl (C=O) groups excluding carboxylic acids is 1. The van der Waals surface area contributed by atoms with Crippen molar-refractivity contribution < 1.29 is 9.32 Å². The molecule has 0 aliphatic carbocycles. The van der Waals surface area contributed by atoms with Gasteiger partial charge in [0.25, 0.3) is 0 Å². The van der Waals surface area contributed by atoms with Crippen LogP contribution in [0.4, 0.5) is 5.69 Å². The van der Waals surface area contributed by atoms with Crippen LogP contribution < -0.4 is 4.90 Å². The van der Waals surface area contributed by atoms with E-state index in [1.165, 1.54) is 24.9 Å². The van der Waals surface area contributed by atoms with Crippen molar-refractivity contribution >= 4 is 22.4 Å². The van der Waals surface area contributed by atoms with E-state index in [0.717, 1.165) is 40.9 Å². The van der Waals surface area contributed by atoms with Gasteiger partial charge in [-0.15, -0.1) is 0 Å². The van der Waals surface area contributed by atoms with Gasteiger partial charge in [-0.1, -0.05) is 23.4 Å². The van der Waals surface area contributed by atoms with E-state index in [9.17, 15) is 4.79 Å². The quantitative estimate of drug-likeness (QED) is 0.646. The molecule has 0 amide bonds. The third kappa shape index (κ3) is 4.09. The van der Waals surface area contributed by atoms with Crippen molar-refractivity contribution in [1.82, 2.24) is 10.1 Å². The van der Waals surface area contributed by atoms with Gasteiger partial charge in [0.05, 0.1) is 6.54 Å². The van der Waals surface area contributed by atoms with Crippen LogP contribution in [0.1, 0.15) is 24.8 Å². The molecule has 5 heteroatoms. The number of nitrogens with zero attached hydrogens (tertiary/aromatic N) is 3. The first-order valence-electron chi connectivity index (χ1n) is 10.0. The fraction of sp³-hybridized carbons (Fsp3) is 0.391. The third-order valence-electron chi connectivity index (χ3n) is 5.26. The van der Waals surface area contributed by atoms with E-state index in [-0.39, 0.29) is 5.78 Å². The molecule has 1 aromatic heterocycles. The number of piperidine rings is 1. The maximum absolute atomic E-state index is 12.2. The van der Waals surface area contributed by atoms with E-state index >= 15 is 0 Å². The highest BCUT2D eigenvalue weighted by molar-refractivity contribution is 5.93. The summed E-state index contributed by atoms with van der Waals surface area (Å²) in [6, 6.07) is 14.5. The van der Waals surface area contributed by atoms with Crippen LogP contribution in [-0.4, -0.2) is 49.6 Å². The van der Waals surface area contributed by atoms with E-state index in [4.69, 9.17) is 4.52 Å². The Morgan fingerprint density at radius 3 is 2.71 bits per heavy atom. The number of fused-ring (bicyclic) bond motifs is 1. The summed E-state index contributed by atoms with van der Waals surface area (Å²) in [5.74, 6) is 0.977. The van der Waals surface area contributed by atoms with Crippen molar-refractivity contribution in [1.29, 1.82) is 0 Å². The molecule has 2 heterocycles. The summed E-state index contributed by atoms with van der Waals surface area (Å²) in [6.07, 6.45) is 4.24. The van der Waals surface area contributed by atoms with Gasteiger partial charge in [0.15, 0.2) is 11.5 Å². The largest absolute Gasteiger partial charge is 0.372 e. The summed E-state index contributed by atoms with van der Waals surface area (Å²) in [4.78, 5) is 16.5. The number of anilines is 1. The Morgan fingerprint density at radius 2 is 1.93 bits per heavy atom. The fourth-order valence-corrected chi connectivity index (χ4v) is 3.94. The molecule has 3 aromatic rings. The molecule has 1 aliphatic heterocycles. The SMILES string of the molecule is CN(C)CC(=O)Cc1ccc2noc(-c3cccc(N4CCCCC4)c3)c2c1. The van der Waals surface area contributed by atoms with Crippen molar-refractivity contribution in [2.24, 2.45) is 0 Å². The number of ketones is 1. The Labute approximate surface area is 165 Å². The first kappa shape index (κ1) is 18.7. The van der Waals surface area contributed by atoms with Crippen LogP contribution in [0.3, 0.4) is 0 Å². The van der Waals surface area contributed by atoms with Crippen molar-refractivity contribution in [3.63, 3.8) is 0 Å². The molecule has 2 aromatic carbocycles. The van der Waals surface area contributed by atoms with Gasteiger partial charge in [-0.3, -0.25) is 4.79 Å². The third-order valence-corrected chi connectivity index (χ3v) is 5.26. The van der Waals surface area contributed by atoms with Crippen molar-refractivity contribution in [3.8, 4) is 11.3 Å². The summed E-state index contributed by atoms with van der Waals surface area (Å²) in [5, 5.41) is 5.19. The normalized spacial score (nSPS) is 14.8. The Hall–Kier alpha value is -2.66. The van der Waals surface area contributed by atoms with Gasteiger partial charge >= 0.3 is 0 Å². The molecule has 28 heavy (non-hydrogen) atoms. The summed E-state index contributed by atoms with van der Waals surface area (Å²) >= 11 is 0. The molecule has 0 saturated carbocycles. The number of hydrogen-bond acceptors (Lipinski definition) is 5. The zero-order valence-corrected chi connectivity index (χ0v) is 16.6. The predicted molar refractivity (Wildman–Crippen MR) is 113 cm³/mol. The maximum atomic E-state index is 12.2. The van der Waals surface area contributed by atoms with Crippen LogP contribution in [0.5, 0.6) is 0 Å². The van der Waals surface area contributed by atoms with E-state index in [2.05, 4.69) is 34.3 Å². The van der Waals surface area contributed by atoms with Crippen LogP contribution in [0.2, 0.25) is 0 Å². The highest BCUT2D eigenvalue weighted by Gasteiger charge is 2.16. The minimum absolute atomic E-state index is 0.203. The van der Waals surface area contributed by atoms with E-state index < -0.39 is 0 Å². The monoisotopic (exact) mass is 377 g/mol. The highest BCUT2D eigenvalue weighted by Crippen LogP contribution is 2.32. The van der Waals surface area contributed by atoms with Gasteiger partial charge in [-0.25, -0.2) is 0 Å². The van der Waals surface area contributed by atoms with Gasteiger partial charge < -0.3 is 14.3 Å². The zero-order valence-electron chi connectivity index (χ0n) is 16.6. The molecule has 146 valence electrons. The molecule has 1 saturated heterocycles. The van der Waals surface area contributed by atoms with Crippen molar-refractivity contribution in [3.05, 3.63) is 48.0 Å². The Balaban J connectivity index is 1.63. The summed E-state index contributed by atoms with van der Waals surface area (Å²) in [5.41, 5.74) is 4.08. The van der Waals surface area contributed by atoms with Gasteiger partial charge in [0.2, 0.25) is 0 Å². The number of benzene rings is 2. The topological polar surface area (TPSA) is 49.6 Å². The molecule has 1 fully saturated rings. The minimum Gasteiger partial charge on any atom is -0.372 e. The first-order chi connectivity index (χ1) is 13.6. The minimum atomic E-state index is 0.203. The summed E-state index contributed by atoms with van der Waals surface area (Å²) in [7, 11) is 3.82. The molecule has 0 spiro atoms. The van der Waals surface area contributed by atoms with Crippen LogP contribution in [0.25, 0.3) is 22.2 Å². The second-order valence-electron chi connectivity index (χ2n) is 7.91. The van der Waals surface area contributed by atoms with E-state index in [1.807, 2.05) is 37.2 Å². The molecule has 5 nitrogen and oxygen atoms in total. The van der Waals surface area contributed by atoms with Crippen LogP contribution in [0, 0.1) is 0 Å². The first-order valence-corrected chi connectivity index (χ1v) is 10.0.